The van der Waals surface area contributed by atoms with Gasteiger partial charge in [0.05, 0.1) is 12.8 Å². The van der Waals surface area contributed by atoms with Crippen LogP contribution in [0.15, 0.2) is 35.1 Å². The highest BCUT2D eigenvalue weighted by molar-refractivity contribution is 7.16. The fourth-order valence-electron chi connectivity index (χ4n) is 2.95. The Balaban J connectivity index is 1.52. The molecule has 4 rings (SSSR count). The molecule has 0 spiro atoms. The number of rotatable bonds is 7. The Morgan fingerprint density at radius 3 is 2.69 bits per heavy atom. The SMILES string of the molecule is CCN(Cc1ccc(OC)cc1)Cc1cc(=O)n2nc(C3CC3)sc2n1. The Kier molecular flexibility index (Phi) is 4.74. The highest BCUT2D eigenvalue weighted by Crippen LogP contribution is 2.41. The highest BCUT2D eigenvalue weighted by atomic mass is 32.1. The molecule has 3 aromatic rings. The van der Waals surface area contributed by atoms with Crippen LogP contribution in [0.5, 0.6) is 5.75 Å². The van der Waals surface area contributed by atoms with E-state index >= 15 is 0 Å². The van der Waals surface area contributed by atoms with Crippen LogP contribution in [0, 0.1) is 0 Å². The van der Waals surface area contributed by atoms with Crippen LogP contribution in [-0.2, 0) is 13.1 Å². The van der Waals surface area contributed by atoms with Gasteiger partial charge in [0.15, 0.2) is 0 Å². The molecule has 0 saturated heterocycles. The molecule has 0 aliphatic heterocycles. The molecule has 0 amide bonds. The monoisotopic (exact) mass is 370 g/mol. The van der Waals surface area contributed by atoms with E-state index in [1.54, 1.807) is 24.5 Å². The molecule has 136 valence electrons. The van der Waals surface area contributed by atoms with E-state index in [1.807, 2.05) is 12.1 Å². The molecule has 1 saturated carbocycles. The number of nitrogens with zero attached hydrogens (tertiary/aromatic N) is 4. The standard InChI is InChI=1S/C19H22N4O2S/c1-3-22(11-13-4-8-16(25-2)9-5-13)12-15-10-17(24)23-19(20-15)26-18(21-23)14-6-7-14/h4-5,8-10,14H,3,6-7,11-12H2,1-2H3. The fraction of sp³-hybridized carbons (Fsp3) is 0.421. The number of hydrogen-bond acceptors (Lipinski definition) is 6. The molecule has 2 heterocycles. The third kappa shape index (κ3) is 3.64. The third-order valence-corrected chi connectivity index (χ3v) is 5.71. The van der Waals surface area contributed by atoms with Crippen LogP contribution < -0.4 is 10.3 Å². The van der Waals surface area contributed by atoms with Crippen molar-refractivity contribution < 1.29 is 4.74 Å². The largest absolute Gasteiger partial charge is 0.497 e. The number of benzene rings is 1. The van der Waals surface area contributed by atoms with E-state index in [0.717, 1.165) is 29.5 Å². The number of methoxy groups -OCH3 is 1. The van der Waals surface area contributed by atoms with Crippen LogP contribution >= 0.6 is 11.3 Å². The first-order valence-electron chi connectivity index (χ1n) is 8.91. The van der Waals surface area contributed by atoms with Crippen LogP contribution in [0.2, 0.25) is 0 Å². The molecule has 0 bridgehead atoms. The van der Waals surface area contributed by atoms with Gasteiger partial charge in [0.2, 0.25) is 4.96 Å². The second-order valence-electron chi connectivity index (χ2n) is 6.65. The van der Waals surface area contributed by atoms with Gasteiger partial charge in [-0.2, -0.15) is 9.61 Å². The predicted octanol–water partition coefficient (Wildman–Crippen LogP) is 3.06. The van der Waals surface area contributed by atoms with Crippen molar-refractivity contribution in [1.29, 1.82) is 0 Å². The number of aromatic nitrogens is 3. The lowest BCUT2D eigenvalue weighted by atomic mass is 10.2. The summed E-state index contributed by atoms with van der Waals surface area (Å²) in [7, 11) is 1.67. The van der Waals surface area contributed by atoms with Crippen LogP contribution in [0.4, 0.5) is 0 Å². The molecule has 7 heteroatoms. The summed E-state index contributed by atoms with van der Waals surface area (Å²) in [6, 6.07) is 9.68. The van der Waals surface area contributed by atoms with Crippen molar-refractivity contribution in [2.45, 2.75) is 38.8 Å². The molecule has 1 aliphatic rings. The quantitative estimate of drug-likeness (QED) is 0.640. The fourth-order valence-corrected chi connectivity index (χ4v) is 4.04. The Morgan fingerprint density at radius 2 is 2.04 bits per heavy atom. The van der Waals surface area contributed by atoms with Crippen molar-refractivity contribution >= 4 is 16.3 Å². The molecule has 6 nitrogen and oxygen atoms in total. The average molecular weight is 370 g/mol. The molecular formula is C19H22N4O2S. The van der Waals surface area contributed by atoms with Gasteiger partial charge in [-0.3, -0.25) is 9.69 Å². The van der Waals surface area contributed by atoms with Crippen molar-refractivity contribution in [2.75, 3.05) is 13.7 Å². The average Bonchev–Trinajstić information content (AvgIpc) is 3.41. The lowest BCUT2D eigenvalue weighted by Crippen LogP contribution is -2.25. The van der Waals surface area contributed by atoms with E-state index in [-0.39, 0.29) is 5.56 Å². The van der Waals surface area contributed by atoms with Gasteiger partial charge in [-0.1, -0.05) is 30.4 Å². The molecule has 1 fully saturated rings. The number of hydrogen-bond donors (Lipinski definition) is 0. The zero-order chi connectivity index (χ0) is 18.1. The second-order valence-corrected chi connectivity index (χ2v) is 7.63. The summed E-state index contributed by atoms with van der Waals surface area (Å²) in [5, 5.41) is 5.47. The smallest absolute Gasteiger partial charge is 0.275 e. The first kappa shape index (κ1) is 17.2. The molecule has 0 atom stereocenters. The van der Waals surface area contributed by atoms with Gasteiger partial charge >= 0.3 is 0 Å². The Labute approximate surface area is 156 Å². The van der Waals surface area contributed by atoms with E-state index in [4.69, 9.17) is 4.74 Å². The van der Waals surface area contributed by atoms with Gasteiger partial charge in [0, 0.05) is 25.1 Å². The van der Waals surface area contributed by atoms with Crippen LogP contribution in [-0.4, -0.2) is 33.2 Å². The number of fused-ring (bicyclic) bond motifs is 1. The van der Waals surface area contributed by atoms with Crippen molar-refractivity contribution in [3.8, 4) is 5.75 Å². The minimum Gasteiger partial charge on any atom is -0.497 e. The summed E-state index contributed by atoms with van der Waals surface area (Å²) >= 11 is 1.55. The van der Waals surface area contributed by atoms with Crippen LogP contribution in [0.1, 0.15) is 41.9 Å². The summed E-state index contributed by atoms with van der Waals surface area (Å²) in [5.41, 5.74) is 1.92. The predicted molar refractivity (Wildman–Crippen MR) is 102 cm³/mol. The maximum absolute atomic E-state index is 12.4. The maximum atomic E-state index is 12.4. The molecule has 1 aromatic carbocycles. The zero-order valence-electron chi connectivity index (χ0n) is 15.0. The zero-order valence-corrected chi connectivity index (χ0v) is 15.8. The van der Waals surface area contributed by atoms with Crippen molar-refractivity contribution in [1.82, 2.24) is 19.5 Å². The van der Waals surface area contributed by atoms with Gasteiger partial charge in [-0.15, -0.1) is 0 Å². The molecule has 0 radical (unpaired) electrons. The summed E-state index contributed by atoms with van der Waals surface area (Å²) in [4.78, 5) is 20.0. The van der Waals surface area contributed by atoms with Gasteiger partial charge in [-0.05, 0) is 37.1 Å². The molecular weight excluding hydrogens is 348 g/mol. The lowest BCUT2D eigenvalue weighted by Gasteiger charge is -2.20. The normalized spacial score (nSPS) is 14.3. The lowest BCUT2D eigenvalue weighted by molar-refractivity contribution is 0.268. The van der Waals surface area contributed by atoms with Crippen molar-refractivity contribution in [2.24, 2.45) is 0 Å². The van der Waals surface area contributed by atoms with E-state index in [1.165, 1.54) is 22.9 Å². The van der Waals surface area contributed by atoms with Gasteiger partial charge in [-0.25, -0.2) is 4.98 Å². The van der Waals surface area contributed by atoms with E-state index in [2.05, 4.69) is 34.0 Å². The Bertz CT molecular complexity index is 960. The van der Waals surface area contributed by atoms with Crippen LogP contribution in [0.3, 0.4) is 0 Å². The third-order valence-electron chi connectivity index (χ3n) is 4.64. The van der Waals surface area contributed by atoms with Gasteiger partial charge < -0.3 is 4.74 Å². The van der Waals surface area contributed by atoms with Gasteiger partial charge in [0.25, 0.3) is 5.56 Å². The molecule has 1 aliphatic carbocycles. The van der Waals surface area contributed by atoms with Crippen molar-refractivity contribution in [3.63, 3.8) is 0 Å². The summed E-state index contributed by atoms with van der Waals surface area (Å²) in [6.07, 6.45) is 2.35. The first-order chi connectivity index (χ1) is 12.7. The van der Waals surface area contributed by atoms with E-state index < -0.39 is 0 Å². The molecule has 26 heavy (non-hydrogen) atoms. The van der Waals surface area contributed by atoms with Crippen molar-refractivity contribution in [3.05, 3.63) is 57.0 Å². The Hall–Kier alpha value is -2.25. The van der Waals surface area contributed by atoms with Gasteiger partial charge in [0.1, 0.15) is 10.8 Å². The molecule has 2 aromatic heterocycles. The molecule has 0 N–H and O–H groups in total. The minimum atomic E-state index is -0.0892. The maximum Gasteiger partial charge on any atom is 0.275 e. The Morgan fingerprint density at radius 1 is 1.27 bits per heavy atom. The summed E-state index contributed by atoms with van der Waals surface area (Å²) in [5.74, 6) is 1.39. The summed E-state index contributed by atoms with van der Waals surface area (Å²) in [6.45, 7) is 4.44. The minimum absolute atomic E-state index is 0.0892. The van der Waals surface area contributed by atoms with E-state index in [0.29, 0.717) is 17.4 Å². The highest BCUT2D eigenvalue weighted by Gasteiger charge is 2.28. The topological polar surface area (TPSA) is 59.7 Å². The number of ether oxygens (including phenoxy) is 1. The van der Waals surface area contributed by atoms with E-state index in [9.17, 15) is 4.79 Å². The summed E-state index contributed by atoms with van der Waals surface area (Å²) < 4.78 is 6.65. The molecule has 0 unspecified atom stereocenters. The first-order valence-corrected chi connectivity index (χ1v) is 9.73. The second kappa shape index (κ2) is 7.17. The van der Waals surface area contributed by atoms with Crippen LogP contribution in [0.25, 0.3) is 4.96 Å².